The Labute approximate surface area is 187 Å². The maximum absolute atomic E-state index is 12.3. The van der Waals surface area contributed by atoms with Gasteiger partial charge in [-0.2, -0.15) is 0 Å². The van der Waals surface area contributed by atoms with Gasteiger partial charge in [-0.3, -0.25) is 9.69 Å². The Morgan fingerprint density at radius 1 is 1.26 bits per heavy atom. The normalized spacial score (nSPS) is 19.2. The smallest absolute Gasteiger partial charge is 0.224 e. The molecule has 4 rings (SSSR count). The van der Waals surface area contributed by atoms with E-state index in [-0.39, 0.29) is 18.4 Å². The highest BCUT2D eigenvalue weighted by atomic mass is 35.5. The van der Waals surface area contributed by atoms with E-state index in [2.05, 4.69) is 15.2 Å². The second kappa shape index (κ2) is 9.75. The number of carbonyl (C=O) groups excluding carboxylic acids is 1. The number of anilines is 1. The molecule has 8 heteroatoms. The summed E-state index contributed by atoms with van der Waals surface area (Å²) in [6.07, 6.45) is 2.35. The second-order valence-corrected chi connectivity index (χ2v) is 8.80. The molecule has 1 unspecified atom stereocenters. The van der Waals surface area contributed by atoms with Gasteiger partial charge in [0.25, 0.3) is 0 Å². The SMILES string of the molecule is Cc1ccc(CC(=O)NCC2CCN(CC3COc4ccc(Cl)cc4O3)CC2)c(N)n1. The molecular weight excluding hydrogens is 416 g/mol. The third-order valence-electron chi connectivity index (χ3n) is 5.88. The summed E-state index contributed by atoms with van der Waals surface area (Å²) in [6, 6.07) is 9.21. The third kappa shape index (κ3) is 5.80. The van der Waals surface area contributed by atoms with Crippen LogP contribution < -0.4 is 20.5 Å². The molecule has 166 valence electrons. The van der Waals surface area contributed by atoms with Gasteiger partial charge in [0.15, 0.2) is 11.5 Å². The van der Waals surface area contributed by atoms with E-state index < -0.39 is 0 Å². The van der Waals surface area contributed by atoms with Crippen LogP contribution in [0.1, 0.15) is 24.1 Å². The first-order valence-electron chi connectivity index (χ1n) is 10.8. The summed E-state index contributed by atoms with van der Waals surface area (Å²) < 4.78 is 11.9. The van der Waals surface area contributed by atoms with Gasteiger partial charge in [0.05, 0.1) is 6.42 Å². The first-order chi connectivity index (χ1) is 15.0. The molecule has 0 spiro atoms. The number of pyridine rings is 1. The summed E-state index contributed by atoms with van der Waals surface area (Å²) in [5.74, 6) is 2.37. The summed E-state index contributed by atoms with van der Waals surface area (Å²) in [4.78, 5) is 18.9. The number of likely N-dealkylation sites (tertiary alicyclic amines) is 1. The van der Waals surface area contributed by atoms with Gasteiger partial charge in [0.1, 0.15) is 18.5 Å². The Hall–Kier alpha value is -2.51. The third-order valence-corrected chi connectivity index (χ3v) is 6.12. The molecular formula is C23H29ClN4O3. The molecule has 3 heterocycles. The molecule has 0 aliphatic carbocycles. The van der Waals surface area contributed by atoms with E-state index in [1.54, 1.807) is 12.1 Å². The summed E-state index contributed by atoms with van der Waals surface area (Å²) in [7, 11) is 0. The Balaban J connectivity index is 1.17. The van der Waals surface area contributed by atoms with E-state index >= 15 is 0 Å². The van der Waals surface area contributed by atoms with E-state index in [1.807, 2.05) is 25.1 Å². The number of amides is 1. The van der Waals surface area contributed by atoms with Gasteiger partial charge in [-0.25, -0.2) is 4.98 Å². The molecule has 2 aliphatic rings. The van der Waals surface area contributed by atoms with E-state index in [4.69, 9.17) is 26.8 Å². The standard InChI is InChI=1S/C23H29ClN4O3/c1-15-2-3-17(23(25)27-15)10-22(29)26-12-16-6-8-28(9-7-16)13-19-14-30-20-5-4-18(24)11-21(20)31-19/h2-5,11,16,19H,6-10,12-14H2,1H3,(H2,25,27)(H,26,29). The molecule has 1 saturated heterocycles. The Morgan fingerprint density at radius 3 is 2.84 bits per heavy atom. The number of piperidine rings is 1. The van der Waals surface area contributed by atoms with Gasteiger partial charge in [-0.15, -0.1) is 0 Å². The number of hydrogen-bond donors (Lipinski definition) is 2. The zero-order chi connectivity index (χ0) is 21.8. The second-order valence-electron chi connectivity index (χ2n) is 8.36. The van der Waals surface area contributed by atoms with Gasteiger partial charge in [-0.1, -0.05) is 17.7 Å². The Kier molecular flexibility index (Phi) is 6.83. The van der Waals surface area contributed by atoms with Crippen molar-refractivity contribution in [2.24, 2.45) is 5.92 Å². The number of nitrogens with two attached hydrogens (primary N) is 1. The zero-order valence-corrected chi connectivity index (χ0v) is 18.5. The van der Waals surface area contributed by atoms with Crippen LogP contribution in [0.2, 0.25) is 5.02 Å². The van der Waals surface area contributed by atoms with Crippen LogP contribution in [0.4, 0.5) is 5.82 Å². The average molecular weight is 445 g/mol. The Bertz CT molecular complexity index is 931. The van der Waals surface area contributed by atoms with Crippen molar-refractivity contribution in [2.45, 2.75) is 32.3 Å². The summed E-state index contributed by atoms with van der Waals surface area (Å²) in [5, 5.41) is 3.70. The van der Waals surface area contributed by atoms with Crippen LogP contribution in [-0.2, 0) is 11.2 Å². The number of nitrogens with one attached hydrogen (secondary N) is 1. The summed E-state index contributed by atoms with van der Waals surface area (Å²) in [5.41, 5.74) is 7.54. The van der Waals surface area contributed by atoms with Crippen molar-refractivity contribution in [1.82, 2.24) is 15.2 Å². The molecule has 1 amide bonds. The van der Waals surface area contributed by atoms with Gasteiger partial charge in [0.2, 0.25) is 5.91 Å². The van der Waals surface area contributed by atoms with Crippen molar-refractivity contribution in [2.75, 3.05) is 38.5 Å². The minimum atomic E-state index is -0.00939. The maximum atomic E-state index is 12.3. The molecule has 0 saturated carbocycles. The topological polar surface area (TPSA) is 89.7 Å². The molecule has 2 aliphatic heterocycles. The van der Waals surface area contributed by atoms with Gasteiger partial charge >= 0.3 is 0 Å². The lowest BCUT2D eigenvalue weighted by atomic mass is 9.96. The lowest BCUT2D eigenvalue weighted by molar-refractivity contribution is -0.120. The van der Waals surface area contributed by atoms with Crippen LogP contribution in [0.15, 0.2) is 30.3 Å². The fourth-order valence-corrected chi connectivity index (χ4v) is 4.25. The molecule has 3 N–H and O–H groups in total. The van der Waals surface area contributed by atoms with E-state index in [0.717, 1.165) is 49.5 Å². The highest BCUT2D eigenvalue weighted by Gasteiger charge is 2.26. The molecule has 7 nitrogen and oxygen atoms in total. The zero-order valence-electron chi connectivity index (χ0n) is 17.8. The highest BCUT2D eigenvalue weighted by Crippen LogP contribution is 2.34. The minimum Gasteiger partial charge on any atom is -0.486 e. The average Bonchev–Trinajstić information content (AvgIpc) is 2.75. The molecule has 31 heavy (non-hydrogen) atoms. The lowest BCUT2D eigenvalue weighted by Crippen LogP contribution is -2.45. The molecule has 0 radical (unpaired) electrons. The molecule has 0 bridgehead atoms. The predicted molar refractivity (Wildman–Crippen MR) is 121 cm³/mol. The number of rotatable bonds is 6. The number of ether oxygens (including phenoxy) is 2. The number of carbonyl (C=O) groups is 1. The monoisotopic (exact) mass is 444 g/mol. The van der Waals surface area contributed by atoms with E-state index in [1.165, 1.54) is 0 Å². The van der Waals surface area contributed by atoms with Crippen molar-refractivity contribution in [3.05, 3.63) is 46.6 Å². The van der Waals surface area contributed by atoms with Crippen molar-refractivity contribution in [3.63, 3.8) is 0 Å². The van der Waals surface area contributed by atoms with Crippen molar-refractivity contribution in [3.8, 4) is 11.5 Å². The number of halogens is 1. The number of nitrogen functional groups attached to an aromatic ring is 1. The van der Waals surface area contributed by atoms with Crippen LogP contribution in [0.25, 0.3) is 0 Å². The number of aromatic nitrogens is 1. The number of aryl methyl sites for hydroxylation is 1. The first-order valence-corrected chi connectivity index (χ1v) is 11.1. The van der Waals surface area contributed by atoms with Crippen molar-refractivity contribution >= 4 is 23.3 Å². The fraction of sp³-hybridized carbons (Fsp3) is 0.478. The number of fused-ring (bicyclic) bond motifs is 1. The number of nitrogens with zero attached hydrogens (tertiary/aromatic N) is 2. The van der Waals surface area contributed by atoms with Gasteiger partial charge in [0, 0.05) is 35.4 Å². The van der Waals surface area contributed by atoms with Crippen LogP contribution in [0.3, 0.4) is 0 Å². The summed E-state index contributed by atoms with van der Waals surface area (Å²) >= 11 is 6.06. The summed E-state index contributed by atoms with van der Waals surface area (Å²) in [6.45, 7) is 5.91. The molecule has 1 atom stereocenters. The predicted octanol–water partition coefficient (Wildman–Crippen LogP) is 2.84. The molecule has 2 aromatic rings. The molecule has 1 fully saturated rings. The van der Waals surface area contributed by atoms with Gasteiger partial charge < -0.3 is 20.5 Å². The number of benzene rings is 1. The van der Waals surface area contributed by atoms with Crippen LogP contribution in [0.5, 0.6) is 11.5 Å². The maximum Gasteiger partial charge on any atom is 0.224 e. The Morgan fingerprint density at radius 2 is 2.06 bits per heavy atom. The first kappa shape index (κ1) is 21.7. The lowest BCUT2D eigenvalue weighted by Gasteiger charge is -2.35. The largest absolute Gasteiger partial charge is 0.486 e. The number of hydrogen-bond acceptors (Lipinski definition) is 6. The molecule has 1 aromatic heterocycles. The fourth-order valence-electron chi connectivity index (χ4n) is 4.09. The van der Waals surface area contributed by atoms with E-state index in [0.29, 0.717) is 35.7 Å². The highest BCUT2D eigenvalue weighted by molar-refractivity contribution is 6.30. The van der Waals surface area contributed by atoms with Crippen LogP contribution in [0, 0.1) is 12.8 Å². The van der Waals surface area contributed by atoms with Gasteiger partial charge in [-0.05, 0) is 57.0 Å². The van der Waals surface area contributed by atoms with Crippen molar-refractivity contribution in [1.29, 1.82) is 0 Å². The quantitative estimate of drug-likeness (QED) is 0.712. The van der Waals surface area contributed by atoms with Crippen LogP contribution in [-0.4, -0.2) is 54.7 Å². The van der Waals surface area contributed by atoms with E-state index in [9.17, 15) is 4.79 Å². The van der Waals surface area contributed by atoms with Crippen molar-refractivity contribution < 1.29 is 14.3 Å². The minimum absolute atomic E-state index is 0.00389. The van der Waals surface area contributed by atoms with Crippen LogP contribution >= 0.6 is 11.6 Å². The molecule has 1 aromatic carbocycles.